The Bertz CT molecular complexity index is 408. The second-order valence-electron chi connectivity index (χ2n) is 2.26. The molecule has 3 nitrogen and oxygen atoms in total. The first-order valence-corrected chi connectivity index (χ1v) is 4.26. The molecule has 2 rings (SSSR count). The fourth-order valence-electron chi connectivity index (χ4n) is 1.02. The summed E-state index contributed by atoms with van der Waals surface area (Å²) in [6, 6.07) is 4.07. The minimum Gasteiger partial charge on any atom is -0.285 e. The number of aromatic amines is 1. The Morgan fingerprint density at radius 2 is 2.50 bits per heavy atom. The van der Waals surface area contributed by atoms with Crippen molar-refractivity contribution in [1.29, 1.82) is 5.26 Å². The average molecular weight is 175 g/mol. The predicted molar refractivity (Wildman–Crippen MR) is 46.6 cm³/mol. The van der Waals surface area contributed by atoms with Crippen molar-refractivity contribution in [2.45, 2.75) is 0 Å². The third-order valence-corrected chi connectivity index (χ3v) is 2.40. The van der Waals surface area contributed by atoms with Crippen LogP contribution in [0.25, 0.3) is 11.1 Å². The molecule has 2 aromatic heterocycles. The van der Waals surface area contributed by atoms with Gasteiger partial charge in [0.1, 0.15) is 10.9 Å². The maximum atomic E-state index is 8.74. The summed E-state index contributed by atoms with van der Waals surface area (Å²) in [6.07, 6.45) is 3.49. The van der Waals surface area contributed by atoms with Gasteiger partial charge in [0.15, 0.2) is 0 Å². The van der Waals surface area contributed by atoms with E-state index in [1.54, 1.807) is 12.4 Å². The Hall–Kier alpha value is -1.60. The van der Waals surface area contributed by atoms with Crippen molar-refractivity contribution in [1.82, 2.24) is 10.2 Å². The van der Waals surface area contributed by atoms with Gasteiger partial charge in [-0.1, -0.05) is 0 Å². The Labute approximate surface area is 73.3 Å². The summed E-state index contributed by atoms with van der Waals surface area (Å²) in [5.41, 5.74) is 1.92. The Balaban J connectivity index is 2.55. The van der Waals surface area contributed by atoms with E-state index >= 15 is 0 Å². The van der Waals surface area contributed by atoms with Gasteiger partial charge in [0.2, 0.25) is 0 Å². The van der Waals surface area contributed by atoms with Crippen LogP contribution in [0.3, 0.4) is 0 Å². The standard InChI is InChI=1S/C8H5N3S/c9-3-8-7(1-2-12-8)6-4-10-11-5-6/h1-2,4-5H,(H,10,11). The molecule has 0 atom stereocenters. The molecule has 2 aromatic rings. The molecule has 0 saturated carbocycles. The fraction of sp³-hybridized carbons (Fsp3) is 0. The van der Waals surface area contributed by atoms with E-state index in [2.05, 4.69) is 16.3 Å². The first-order valence-electron chi connectivity index (χ1n) is 3.38. The molecule has 12 heavy (non-hydrogen) atoms. The van der Waals surface area contributed by atoms with Crippen molar-refractivity contribution in [2.24, 2.45) is 0 Å². The zero-order valence-electron chi connectivity index (χ0n) is 6.11. The smallest absolute Gasteiger partial charge is 0.112 e. The van der Waals surface area contributed by atoms with Crippen molar-refractivity contribution in [2.75, 3.05) is 0 Å². The molecule has 1 N–H and O–H groups in total. The lowest BCUT2D eigenvalue weighted by atomic mass is 10.1. The highest BCUT2D eigenvalue weighted by atomic mass is 32.1. The number of aromatic nitrogens is 2. The Kier molecular flexibility index (Phi) is 1.65. The summed E-state index contributed by atoms with van der Waals surface area (Å²) in [4.78, 5) is 0.733. The van der Waals surface area contributed by atoms with Crippen LogP contribution < -0.4 is 0 Å². The van der Waals surface area contributed by atoms with Gasteiger partial charge in [0.05, 0.1) is 6.20 Å². The number of nitrogens with one attached hydrogen (secondary N) is 1. The lowest BCUT2D eigenvalue weighted by molar-refractivity contribution is 1.09. The molecule has 0 spiro atoms. The summed E-state index contributed by atoms with van der Waals surface area (Å²) >= 11 is 1.44. The van der Waals surface area contributed by atoms with Crippen molar-refractivity contribution in [3.05, 3.63) is 28.7 Å². The highest BCUT2D eigenvalue weighted by Gasteiger charge is 2.05. The van der Waals surface area contributed by atoms with Gasteiger partial charge in [-0.25, -0.2) is 0 Å². The second kappa shape index (κ2) is 2.80. The molecule has 4 heteroatoms. The van der Waals surface area contributed by atoms with Crippen LogP contribution in [0.4, 0.5) is 0 Å². The van der Waals surface area contributed by atoms with E-state index in [-0.39, 0.29) is 0 Å². The summed E-state index contributed by atoms with van der Waals surface area (Å²) in [7, 11) is 0. The van der Waals surface area contributed by atoms with E-state index in [4.69, 9.17) is 5.26 Å². The number of hydrogen-bond donors (Lipinski definition) is 1. The molecule has 0 radical (unpaired) electrons. The highest BCUT2D eigenvalue weighted by molar-refractivity contribution is 7.11. The van der Waals surface area contributed by atoms with Crippen LogP contribution in [0.15, 0.2) is 23.8 Å². The van der Waals surface area contributed by atoms with Crippen LogP contribution >= 0.6 is 11.3 Å². The van der Waals surface area contributed by atoms with Crippen molar-refractivity contribution in [3.8, 4) is 17.2 Å². The van der Waals surface area contributed by atoms with Crippen LogP contribution in [0.2, 0.25) is 0 Å². The number of nitriles is 1. The van der Waals surface area contributed by atoms with Crippen molar-refractivity contribution in [3.63, 3.8) is 0 Å². The molecular weight excluding hydrogens is 170 g/mol. The van der Waals surface area contributed by atoms with E-state index in [0.717, 1.165) is 16.0 Å². The number of nitrogens with zero attached hydrogens (tertiary/aromatic N) is 2. The quantitative estimate of drug-likeness (QED) is 0.720. The first kappa shape index (κ1) is 7.07. The monoisotopic (exact) mass is 175 g/mol. The molecule has 0 aromatic carbocycles. The minimum absolute atomic E-state index is 0.733. The molecule has 0 aliphatic heterocycles. The van der Waals surface area contributed by atoms with Crippen LogP contribution in [-0.4, -0.2) is 10.2 Å². The number of thiophene rings is 1. The highest BCUT2D eigenvalue weighted by Crippen LogP contribution is 2.26. The normalized spacial score (nSPS) is 9.58. The van der Waals surface area contributed by atoms with E-state index in [1.165, 1.54) is 11.3 Å². The molecule has 0 bridgehead atoms. The Morgan fingerprint density at radius 1 is 1.58 bits per heavy atom. The largest absolute Gasteiger partial charge is 0.285 e. The Morgan fingerprint density at radius 3 is 3.17 bits per heavy atom. The van der Waals surface area contributed by atoms with Gasteiger partial charge >= 0.3 is 0 Å². The fourth-order valence-corrected chi connectivity index (χ4v) is 1.73. The van der Waals surface area contributed by atoms with E-state index in [9.17, 15) is 0 Å². The molecule has 0 unspecified atom stereocenters. The third-order valence-electron chi connectivity index (χ3n) is 1.58. The maximum Gasteiger partial charge on any atom is 0.112 e. The zero-order chi connectivity index (χ0) is 8.39. The third kappa shape index (κ3) is 1.00. The van der Waals surface area contributed by atoms with E-state index in [0.29, 0.717) is 0 Å². The van der Waals surface area contributed by atoms with Crippen LogP contribution in [-0.2, 0) is 0 Å². The first-order chi connectivity index (χ1) is 5.92. The molecular formula is C8H5N3S. The molecule has 0 aliphatic carbocycles. The van der Waals surface area contributed by atoms with Gasteiger partial charge in [0.25, 0.3) is 0 Å². The van der Waals surface area contributed by atoms with Gasteiger partial charge in [0, 0.05) is 17.3 Å². The van der Waals surface area contributed by atoms with Crippen LogP contribution in [0, 0.1) is 11.3 Å². The second-order valence-corrected chi connectivity index (χ2v) is 3.18. The van der Waals surface area contributed by atoms with Gasteiger partial charge < -0.3 is 0 Å². The summed E-state index contributed by atoms with van der Waals surface area (Å²) in [5, 5.41) is 17.2. The number of H-pyrrole nitrogens is 1. The topological polar surface area (TPSA) is 52.5 Å². The van der Waals surface area contributed by atoms with Crippen molar-refractivity contribution < 1.29 is 0 Å². The lowest BCUT2D eigenvalue weighted by Crippen LogP contribution is -1.71. The van der Waals surface area contributed by atoms with Gasteiger partial charge in [-0.15, -0.1) is 11.3 Å². The molecule has 0 fully saturated rings. The summed E-state index contributed by atoms with van der Waals surface area (Å²) < 4.78 is 0. The number of hydrogen-bond acceptors (Lipinski definition) is 3. The lowest BCUT2D eigenvalue weighted by Gasteiger charge is -1.88. The SMILES string of the molecule is N#Cc1sccc1-c1cn[nH]c1. The minimum atomic E-state index is 0.733. The molecule has 58 valence electrons. The maximum absolute atomic E-state index is 8.74. The summed E-state index contributed by atoms with van der Waals surface area (Å²) in [6.45, 7) is 0. The molecule has 0 aliphatic rings. The van der Waals surface area contributed by atoms with Gasteiger partial charge in [-0.05, 0) is 11.4 Å². The predicted octanol–water partition coefficient (Wildman–Crippen LogP) is 2.01. The zero-order valence-corrected chi connectivity index (χ0v) is 6.93. The van der Waals surface area contributed by atoms with Gasteiger partial charge in [-0.3, -0.25) is 5.10 Å². The van der Waals surface area contributed by atoms with Crippen molar-refractivity contribution >= 4 is 11.3 Å². The van der Waals surface area contributed by atoms with Crippen LogP contribution in [0.1, 0.15) is 4.88 Å². The molecule has 0 amide bonds. The van der Waals surface area contributed by atoms with Gasteiger partial charge in [-0.2, -0.15) is 10.4 Å². The molecule has 2 heterocycles. The van der Waals surface area contributed by atoms with E-state index in [1.807, 2.05) is 11.4 Å². The average Bonchev–Trinajstić information content (AvgIpc) is 2.74. The summed E-state index contributed by atoms with van der Waals surface area (Å²) in [5.74, 6) is 0. The van der Waals surface area contributed by atoms with E-state index < -0.39 is 0 Å². The number of rotatable bonds is 1. The van der Waals surface area contributed by atoms with Crippen LogP contribution in [0.5, 0.6) is 0 Å². The molecule has 0 saturated heterocycles.